The van der Waals surface area contributed by atoms with E-state index in [9.17, 15) is 0 Å². The van der Waals surface area contributed by atoms with Gasteiger partial charge in [-0.1, -0.05) is 18.2 Å². The second-order valence-electron chi connectivity index (χ2n) is 3.59. The third-order valence-electron chi connectivity index (χ3n) is 2.43. The molecule has 1 unspecified atom stereocenters. The summed E-state index contributed by atoms with van der Waals surface area (Å²) in [5, 5.41) is 13.0. The van der Waals surface area contributed by atoms with Gasteiger partial charge in [-0.25, -0.2) is 0 Å². The molecule has 2 rings (SSSR count). The summed E-state index contributed by atoms with van der Waals surface area (Å²) < 4.78 is 5.68. The van der Waals surface area contributed by atoms with E-state index in [1.165, 1.54) is 0 Å². The molecule has 3 nitrogen and oxygen atoms in total. The molecule has 1 atom stereocenters. The normalized spacial score (nSPS) is 13.2. The predicted molar refractivity (Wildman–Crippen MR) is 59.7 cm³/mol. The smallest absolute Gasteiger partial charge is 0.134 e. The zero-order valence-corrected chi connectivity index (χ0v) is 8.73. The summed E-state index contributed by atoms with van der Waals surface area (Å²) in [5.74, 6) is 0.907. The summed E-state index contributed by atoms with van der Waals surface area (Å²) in [5.41, 5.74) is 0.908. The number of hydrogen-bond acceptors (Lipinski definition) is 3. The SMILES string of the molecule is CC(NCCO)c1cc2ccccc2o1. The summed E-state index contributed by atoms with van der Waals surface area (Å²) in [6, 6.07) is 10.1. The summed E-state index contributed by atoms with van der Waals surface area (Å²) in [6.07, 6.45) is 0. The van der Waals surface area contributed by atoms with Crippen LogP contribution in [0.15, 0.2) is 34.7 Å². The van der Waals surface area contributed by atoms with Crippen LogP contribution >= 0.6 is 0 Å². The Morgan fingerprint density at radius 1 is 1.40 bits per heavy atom. The Balaban J connectivity index is 2.20. The van der Waals surface area contributed by atoms with Crippen LogP contribution < -0.4 is 5.32 Å². The molecular formula is C12H15NO2. The van der Waals surface area contributed by atoms with Gasteiger partial charge in [0, 0.05) is 11.9 Å². The lowest BCUT2D eigenvalue weighted by atomic mass is 10.2. The summed E-state index contributed by atoms with van der Waals surface area (Å²) in [6.45, 7) is 2.75. The predicted octanol–water partition coefficient (Wildman–Crippen LogP) is 2.08. The van der Waals surface area contributed by atoms with Crippen molar-refractivity contribution in [1.29, 1.82) is 0 Å². The fraction of sp³-hybridized carbons (Fsp3) is 0.333. The zero-order valence-electron chi connectivity index (χ0n) is 8.73. The minimum atomic E-state index is 0.129. The first-order valence-electron chi connectivity index (χ1n) is 5.14. The highest BCUT2D eigenvalue weighted by molar-refractivity contribution is 5.77. The molecule has 0 radical (unpaired) electrons. The number of aliphatic hydroxyl groups excluding tert-OH is 1. The van der Waals surface area contributed by atoms with Crippen LogP contribution in [-0.2, 0) is 0 Å². The molecule has 1 heterocycles. The Morgan fingerprint density at radius 3 is 2.93 bits per heavy atom. The van der Waals surface area contributed by atoms with Crippen LogP contribution in [0.4, 0.5) is 0 Å². The van der Waals surface area contributed by atoms with Crippen molar-refractivity contribution in [3.05, 3.63) is 36.1 Å². The summed E-state index contributed by atoms with van der Waals surface area (Å²) in [7, 11) is 0. The number of fused-ring (bicyclic) bond motifs is 1. The van der Waals surface area contributed by atoms with Crippen molar-refractivity contribution >= 4 is 11.0 Å². The van der Waals surface area contributed by atoms with E-state index in [0.29, 0.717) is 6.54 Å². The van der Waals surface area contributed by atoms with Crippen molar-refractivity contribution in [2.24, 2.45) is 0 Å². The first-order chi connectivity index (χ1) is 7.31. The van der Waals surface area contributed by atoms with Gasteiger partial charge in [0.25, 0.3) is 0 Å². The Labute approximate surface area is 88.7 Å². The fourth-order valence-electron chi connectivity index (χ4n) is 1.60. The van der Waals surface area contributed by atoms with Crippen molar-refractivity contribution < 1.29 is 9.52 Å². The highest BCUT2D eigenvalue weighted by Crippen LogP contribution is 2.23. The molecule has 0 fully saturated rings. The maximum atomic E-state index is 8.71. The highest BCUT2D eigenvalue weighted by atomic mass is 16.3. The molecule has 0 spiro atoms. The van der Waals surface area contributed by atoms with Crippen molar-refractivity contribution in [2.75, 3.05) is 13.2 Å². The number of benzene rings is 1. The molecule has 2 N–H and O–H groups in total. The van der Waals surface area contributed by atoms with E-state index in [1.807, 2.05) is 37.3 Å². The number of rotatable bonds is 4. The second kappa shape index (κ2) is 4.47. The van der Waals surface area contributed by atoms with E-state index in [4.69, 9.17) is 9.52 Å². The molecule has 0 saturated heterocycles. The minimum absolute atomic E-state index is 0.129. The van der Waals surface area contributed by atoms with E-state index in [2.05, 4.69) is 5.32 Å². The maximum Gasteiger partial charge on any atom is 0.134 e. The van der Waals surface area contributed by atoms with Gasteiger partial charge in [-0.15, -0.1) is 0 Å². The molecule has 0 saturated carbocycles. The number of para-hydroxylation sites is 1. The quantitative estimate of drug-likeness (QED) is 0.803. The van der Waals surface area contributed by atoms with Gasteiger partial charge in [-0.3, -0.25) is 0 Å². The van der Waals surface area contributed by atoms with Crippen LogP contribution in [0.2, 0.25) is 0 Å². The van der Waals surface area contributed by atoms with Crippen LogP contribution in [0.25, 0.3) is 11.0 Å². The highest BCUT2D eigenvalue weighted by Gasteiger charge is 2.09. The average Bonchev–Trinajstić information content (AvgIpc) is 2.69. The largest absolute Gasteiger partial charge is 0.459 e. The Kier molecular flexibility index (Phi) is 3.04. The molecule has 2 aromatic rings. The molecule has 1 aromatic carbocycles. The lowest BCUT2D eigenvalue weighted by Gasteiger charge is -2.08. The molecule has 1 aromatic heterocycles. The van der Waals surface area contributed by atoms with Gasteiger partial charge in [0.15, 0.2) is 0 Å². The Morgan fingerprint density at radius 2 is 2.20 bits per heavy atom. The summed E-state index contributed by atoms with van der Waals surface area (Å²) >= 11 is 0. The number of nitrogens with one attached hydrogen (secondary N) is 1. The third kappa shape index (κ3) is 2.19. The van der Waals surface area contributed by atoms with Gasteiger partial charge < -0.3 is 14.8 Å². The fourth-order valence-corrected chi connectivity index (χ4v) is 1.60. The van der Waals surface area contributed by atoms with Crippen molar-refractivity contribution in [2.45, 2.75) is 13.0 Å². The molecule has 15 heavy (non-hydrogen) atoms. The van der Waals surface area contributed by atoms with E-state index in [0.717, 1.165) is 16.7 Å². The van der Waals surface area contributed by atoms with E-state index in [1.54, 1.807) is 0 Å². The third-order valence-corrected chi connectivity index (χ3v) is 2.43. The maximum absolute atomic E-state index is 8.71. The monoisotopic (exact) mass is 205 g/mol. The molecule has 3 heteroatoms. The van der Waals surface area contributed by atoms with Crippen LogP contribution in [-0.4, -0.2) is 18.3 Å². The van der Waals surface area contributed by atoms with Gasteiger partial charge >= 0.3 is 0 Å². The van der Waals surface area contributed by atoms with Gasteiger partial charge in [0.05, 0.1) is 12.6 Å². The van der Waals surface area contributed by atoms with Gasteiger partial charge in [0.2, 0.25) is 0 Å². The Bertz CT molecular complexity index is 403. The number of furan rings is 1. The average molecular weight is 205 g/mol. The lowest BCUT2D eigenvalue weighted by molar-refractivity contribution is 0.282. The lowest BCUT2D eigenvalue weighted by Crippen LogP contribution is -2.21. The van der Waals surface area contributed by atoms with Gasteiger partial charge in [0.1, 0.15) is 11.3 Å². The number of aliphatic hydroxyl groups is 1. The van der Waals surface area contributed by atoms with E-state index in [-0.39, 0.29) is 12.6 Å². The molecule has 0 aliphatic heterocycles. The second-order valence-corrected chi connectivity index (χ2v) is 3.59. The van der Waals surface area contributed by atoms with Crippen molar-refractivity contribution in [1.82, 2.24) is 5.32 Å². The molecule has 0 aliphatic rings. The van der Waals surface area contributed by atoms with Crippen LogP contribution in [0.1, 0.15) is 18.7 Å². The van der Waals surface area contributed by atoms with Gasteiger partial charge in [-0.05, 0) is 19.1 Å². The minimum Gasteiger partial charge on any atom is -0.459 e. The van der Waals surface area contributed by atoms with E-state index < -0.39 is 0 Å². The van der Waals surface area contributed by atoms with Crippen LogP contribution in [0, 0.1) is 0 Å². The van der Waals surface area contributed by atoms with Gasteiger partial charge in [-0.2, -0.15) is 0 Å². The molecule has 0 bridgehead atoms. The first-order valence-corrected chi connectivity index (χ1v) is 5.14. The van der Waals surface area contributed by atoms with Crippen LogP contribution in [0.5, 0.6) is 0 Å². The molecule has 0 amide bonds. The zero-order chi connectivity index (χ0) is 10.7. The molecule has 80 valence electrons. The van der Waals surface area contributed by atoms with Crippen molar-refractivity contribution in [3.8, 4) is 0 Å². The van der Waals surface area contributed by atoms with Crippen LogP contribution in [0.3, 0.4) is 0 Å². The summed E-state index contributed by atoms with van der Waals surface area (Å²) in [4.78, 5) is 0. The van der Waals surface area contributed by atoms with Crippen molar-refractivity contribution in [3.63, 3.8) is 0 Å². The number of hydrogen-bond donors (Lipinski definition) is 2. The molecular weight excluding hydrogens is 190 g/mol. The molecule has 0 aliphatic carbocycles. The standard InChI is InChI=1S/C12H15NO2/c1-9(13-6-7-14)12-8-10-4-2-3-5-11(10)15-12/h2-5,8-9,13-14H,6-7H2,1H3. The topological polar surface area (TPSA) is 45.4 Å². The first kappa shape index (κ1) is 10.2. The Hall–Kier alpha value is -1.32. The van der Waals surface area contributed by atoms with E-state index >= 15 is 0 Å².